The van der Waals surface area contributed by atoms with Gasteiger partial charge in [0.2, 0.25) is 0 Å². The van der Waals surface area contributed by atoms with Crippen molar-refractivity contribution in [3.63, 3.8) is 0 Å². The van der Waals surface area contributed by atoms with Gasteiger partial charge in [0, 0.05) is 6.61 Å². The van der Waals surface area contributed by atoms with Gasteiger partial charge in [0.05, 0.1) is 65.7 Å². The van der Waals surface area contributed by atoms with Gasteiger partial charge in [0.15, 0.2) is 0 Å². The van der Waals surface area contributed by atoms with E-state index in [0.717, 1.165) is 13.0 Å². The Morgan fingerprint density at radius 1 is 0.500 bits per heavy atom. The summed E-state index contributed by atoms with van der Waals surface area (Å²) in [6, 6.07) is 0. The second-order valence-corrected chi connectivity index (χ2v) is 5.87. The summed E-state index contributed by atoms with van der Waals surface area (Å²) < 4.78 is 32.0. The number of rotatable bonds is 23. The van der Waals surface area contributed by atoms with E-state index in [1.165, 1.54) is 38.4 Å². The largest absolute Gasteiger partial charge is 0.499 e. The second kappa shape index (κ2) is 24.3. The molecule has 0 aliphatic heterocycles. The van der Waals surface area contributed by atoms with Crippen molar-refractivity contribution in [2.24, 2.45) is 0 Å². The average molecular weight is 377 g/mol. The highest BCUT2D eigenvalue weighted by molar-refractivity contribution is 4.47. The van der Waals surface area contributed by atoms with E-state index < -0.39 is 0 Å². The normalized spacial score (nSPS) is 11.0. The Kier molecular flexibility index (Phi) is 23.7. The van der Waals surface area contributed by atoms with Gasteiger partial charge < -0.3 is 28.4 Å². The first-order valence-corrected chi connectivity index (χ1v) is 10.0. The van der Waals surface area contributed by atoms with Crippen LogP contribution in [0.2, 0.25) is 0 Å². The molecule has 0 aliphatic rings. The van der Waals surface area contributed by atoms with Crippen LogP contribution in [0, 0.1) is 0 Å². The maximum atomic E-state index is 5.54. The maximum absolute atomic E-state index is 5.54. The summed E-state index contributed by atoms with van der Waals surface area (Å²) in [7, 11) is 0. The highest BCUT2D eigenvalue weighted by Gasteiger charge is 1.94. The Balaban J connectivity index is 2.96. The van der Waals surface area contributed by atoms with Crippen LogP contribution in [0.5, 0.6) is 0 Å². The Morgan fingerprint density at radius 3 is 1.35 bits per heavy atom. The molecule has 0 saturated carbocycles. The van der Waals surface area contributed by atoms with Crippen LogP contribution in [0.25, 0.3) is 0 Å². The maximum Gasteiger partial charge on any atom is 0.111 e. The minimum atomic E-state index is 0.525. The van der Waals surface area contributed by atoms with Gasteiger partial charge in [0.1, 0.15) is 6.61 Å². The van der Waals surface area contributed by atoms with Crippen LogP contribution in [0.4, 0.5) is 0 Å². The summed E-state index contributed by atoms with van der Waals surface area (Å²) >= 11 is 0. The van der Waals surface area contributed by atoms with Gasteiger partial charge in [-0.1, -0.05) is 45.6 Å². The van der Waals surface area contributed by atoms with Crippen molar-refractivity contribution >= 4 is 0 Å². The molecule has 0 aliphatic carbocycles. The summed E-state index contributed by atoms with van der Waals surface area (Å²) in [5, 5.41) is 0. The number of ether oxygens (including phenoxy) is 6. The monoisotopic (exact) mass is 376 g/mol. The molecule has 0 aromatic heterocycles. The molecule has 0 bridgehead atoms. The van der Waals surface area contributed by atoms with Crippen molar-refractivity contribution in [2.75, 3.05) is 72.7 Å². The summed E-state index contributed by atoms with van der Waals surface area (Å²) in [5.41, 5.74) is 0. The van der Waals surface area contributed by atoms with Gasteiger partial charge >= 0.3 is 0 Å². The van der Waals surface area contributed by atoms with Gasteiger partial charge in [-0.05, 0) is 6.42 Å². The second-order valence-electron chi connectivity index (χ2n) is 5.87. The van der Waals surface area contributed by atoms with Gasteiger partial charge in [0.25, 0.3) is 0 Å². The van der Waals surface area contributed by atoms with Crippen molar-refractivity contribution in [1.29, 1.82) is 0 Å². The SMILES string of the molecule is C=COCCOCCOCCOCCOCCOCCCCCCCC. The lowest BCUT2D eigenvalue weighted by Gasteiger charge is -2.08. The Bertz CT molecular complexity index is 263. The van der Waals surface area contributed by atoms with Crippen molar-refractivity contribution < 1.29 is 28.4 Å². The topological polar surface area (TPSA) is 55.4 Å². The first kappa shape index (κ1) is 25.3. The van der Waals surface area contributed by atoms with Crippen molar-refractivity contribution in [3.8, 4) is 0 Å². The third kappa shape index (κ3) is 23.3. The number of unbranched alkanes of at least 4 members (excludes halogenated alkanes) is 5. The molecular formula is C20H40O6. The van der Waals surface area contributed by atoms with Gasteiger partial charge in [-0.15, -0.1) is 0 Å². The fourth-order valence-corrected chi connectivity index (χ4v) is 2.16. The molecule has 0 spiro atoms. The van der Waals surface area contributed by atoms with E-state index >= 15 is 0 Å². The minimum absolute atomic E-state index is 0.525. The molecule has 0 amide bonds. The van der Waals surface area contributed by atoms with Gasteiger partial charge in [-0.25, -0.2) is 0 Å². The van der Waals surface area contributed by atoms with Crippen LogP contribution in [-0.2, 0) is 28.4 Å². The highest BCUT2D eigenvalue weighted by atomic mass is 16.6. The summed E-state index contributed by atoms with van der Waals surface area (Å²) in [4.78, 5) is 0. The van der Waals surface area contributed by atoms with Crippen molar-refractivity contribution in [2.45, 2.75) is 45.4 Å². The number of hydrogen-bond acceptors (Lipinski definition) is 6. The van der Waals surface area contributed by atoms with Crippen LogP contribution >= 0.6 is 0 Å². The first-order chi connectivity index (χ1) is 12.9. The Labute approximate surface area is 160 Å². The van der Waals surface area contributed by atoms with E-state index in [0.29, 0.717) is 66.1 Å². The third-order valence-corrected chi connectivity index (χ3v) is 3.59. The number of hydrogen-bond donors (Lipinski definition) is 0. The first-order valence-electron chi connectivity index (χ1n) is 10.0. The molecule has 156 valence electrons. The molecule has 0 N–H and O–H groups in total. The predicted octanol–water partition coefficient (Wildman–Crippen LogP) is 3.59. The molecule has 0 saturated heterocycles. The molecule has 0 aromatic rings. The third-order valence-electron chi connectivity index (χ3n) is 3.59. The Hall–Kier alpha value is -0.660. The zero-order chi connectivity index (χ0) is 19.0. The van der Waals surface area contributed by atoms with Crippen LogP contribution in [0.1, 0.15) is 45.4 Å². The lowest BCUT2D eigenvalue weighted by molar-refractivity contribution is -0.0138. The molecule has 6 heteroatoms. The highest BCUT2D eigenvalue weighted by Crippen LogP contribution is 2.04. The quantitative estimate of drug-likeness (QED) is 0.201. The lowest BCUT2D eigenvalue weighted by atomic mass is 10.1. The van der Waals surface area contributed by atoms with E-state index in [1.54, 1.807) is 0 Å². The molecule has 0 atom stereocenters. The summed E-state index contributed by atoms with van der Waals surface area (Å²) in [6.45, 7) is 12.3. The molecular weight excluding hydrogens is 336 g/mol. The smallest absolute Gasteiger partial charge is 0.111 e. The van der Waals surface area contributed by atoms with E-state index in [4.69, 9.17) is 28.4 Å². The molecule has 0 rings (SSSR count). The van der Waals surface area contributed by atoms with Gasteiger partial charge in [-0.3, -0.25) is 0 Å². The average Bonchev–Trinajstić information content (AvgIpc) is 2.66. The molecule has 0 unspecified atom stereocenters. The zero-order valence-corrected chi connectivity index (χ0v) is 16.8. The molecule has 0 radical (unpaired) electrons. The van der Waals surface area contributed by atoms with Crippen LogP contribution in [-0.4, -0.2) is 72.7 Å². The summed E-state index contributed by atoms with van der Waals surface area (Å²) in [5.74, 6) is 0. The van der Waals surface area contributed by atoms with E-state index in [9.17, 15) is 0 Å². The molecule has 0 heterocycles. The zero-order valence-electron chi connectivity index (χ0n) is 16.8. The minimum Gasteiger partial charge on any atom is -0.499 e. The molecule has 0 fully saturated rings. The standard InChI is InChI=1S/C20H40O6/c1-3-5-6-7-8-9-10-22-13-14-24-17-18-26-20-19-25-16-15-23-12-11-21-4-2/h4H,2-3,5-20H2,1H3. The van der Waals surface area contributed by atoms with E-state index in [2.05, 4.69) is 13.5 Å². The van der Waals surface area contributed by atoms with Crippen LogP contribution in [0.3, 0.4) is 0 Å². The molecule has 26 heavy (non-hydrogen) atoms. The van der Waals surface area contributed by atoms with Crippen molar-refractivity contribution in [3.05, 3.63) is 12.8 Å². The Morgan fingerprint density at radius 2 is 0.885 bits per heavy atom. The molecule has 0 aromatic carbocycles. The lowest BCUT2D eigenvalue weighted by Crippen LogP contribution is -2.13. The van der Waals surface area contributed by atoms with Gasteiger partial charge in [-0.2, -0.15) is 0 Å². The van der Waals surface area contributed by atoms with Crippen LogP contribution in [0.15, 0.2) is 12.8 Å². The fourth-order valence-electron chi connectivity index (χ4n) is 2.16. The van der Waals surface area contributed by atoms with Crippen LogP contribution < -0.4 is 0 Å². The van der Waals surface area contributed by atoms with E-state index in [-0.39, 0.29) is 0 Å². The summed E-state index contributed by atoms with van der Waals surface area (Å²) in [6.07, 6.45) is 9.16. The predicted molar refractivity (Wildman–Crippen MR) is 104 cm³/mol. The van der Waals surface area contributed by atoms with Crippen molar-refractivity contribution in [1.82, 2.24) is 0 Å². The van der Waals surface area contributed by atoms with E-state index in [1.807, 2.05) is 0 Å². The fraction of sp³-hybridized carbons (Fsp3) is 0.900. The molecule has 6 nitrogen and oxygen atoms in total.